The summed E-state index contributed by atoms with van der Waals surface area (Å²) in [5, 5.41) is -0.00822. The van der Waals surface area contributed by atoms with Crippen LogP contribution in [0.3, 0.4) is 0 Å². The van der Waals surface area contributed by atoms with Gasteiger partial charge in [0.1, 0.15) is 28.9 Å². The minimum atomic E-state index is -0.587. The monoisotopic (exact) mass is 556 g/mol. The van der Waals surface area contributed by atoms with Gasteiger partial charge in [0.15, 0.2) is 0 Å². The highest BCUT2D eigenvalue weighted by Gasteiger charge is 2.29. The summed E-state index contributed by atoms with van der Waals surface area (Å²) >= 11 is 6.08. The molecule has 5 rings (SSSR count). The second-order valence-electron chi connectivity index (χ2n) is 9.03. The number of methoxy groups -OCH3 is 2. The molecule has 0 aliphatic heterocycles. The third-order valence-corrected chi connectivity index (χ3v) is 7.00. The van der Waals surface area contributed by atoms with Gasteiger partial charge in [0.25, 0.3) is 0 Å². The highest BCUT2D eigenvalue weighted by atomic mass is 35.5. The van der Waals surface area contributed by atoms with Crippen LogP contribution in [0.25, 0.3) is 44.5 Å². The molecule has 0 bridgehead atoms. The van der Waals surface area contributed by atoms with Gasteiger partial charge in [-0.1, -0.05) is 72.3 Å². The molecule has 0 unspecified atom stereocenters. The summed E-state index contributed by atoms with van der Waals surface area (Å²) < 4.78 is 49.2. The number of rotatable bonds is 8. The van der Waals surface area contributed by atoms with Gasteiger partial charge in [0.05, 0.1) is 31.4 Å². The summed E-state index contributed by atoms with van der Waals surface area (Å²) in [4.78, 5) is 0. The van der Waals surface area contributed by atoms with Crippen LogP contribution in [0.1, 0.15) is 6.92 Å². The Morgan fingerprint density at radius 2 is 1.23 bits per heavy atom. The summed E-state index contributed by atoms with van der Waals surface area (Å²) in [6, 6.07) is 28.3. The molecule has 0 saturated carbocycles. The van der Waals surface area contributed by atoms with Gasteiger partial charge in [-0.2, -0.15) is 0 Å². The quantitative estimate of drug-likeness (QED) is 0.190. The summed E-state index contributed by atoms with van der Waals surface area (Å²) in [6.45, 7) is 2.10. The number of hydrogen-bond acceptors (Lipinski definition) is 3. The van der Waals surface area contributed by atoms with Gasteiger partial charge in [-0.25, -0.2) is 8.78 Å². The van der Waals surface area contributed by atoms with Crippen molar-refractivity contribution < 1.29 is 23.0 Å². The fourth-order valence-corrected chi connectivity index (χ4v) is 4.99. The average Bonchev–Trinajstić information content (AvgIpc) is 2.99. The van der Waals surface area contributed by atoms with Crippen molar-refractivity contribution in [3.05, 3.63) is 114 Å². The maximum Gasteiger partial charge on any atom is 0.143 e. The molecule has 5 aromatic carbocycles. The van der Waals surface area contributed by atoms with Crippen LogP contribution in [0.15, 0.2) is 97.1 Å². The molecular weight excluding hydrogens is 530 g/mol. The van der Waals surface area contributed by atoms with Gasteiger partial charge in [-0.15, -0.1) is 0 Å². The first kappa shape index (κ1) is 27.2. The minimum absolute atomic E-state index is 0.00822. The Kier molecular flexibility index (Phi) is 8.04. The summed E-state index contributed by atoms with van der Waals surface area (Å²) in [5.74, 6) is 0.483. The van der Waals surface area contributed by atoms with Crippen molar-refractivity contribution in [2.75, 3.05) is 20.8 Å². The summed E-state index contributed by atoms with van der Waals surface area (Å²) in [6.07, 6.45) is 0. The van der Waals surface area contributed by atoms with Crippen molar-refractivity contribution in [2.45, 2.75) is 6.92 Å². The lowest BCUT2D eigenvalue weighted by Gasteiger charge is -2.25. The molecule has 5 aromatic rings. The van der Waals surface area contributed by atoms with Crippen LogP contribution in [-0.4, -0.2) is 20.8 Å². The van der Waals surface area contributed by atoms with Crippen molar-refractivity contribution in [1.29, 1.82) is 0 Å². The predicted octanol–water partition coefficient (Wildman–Crippen LogP) is 9.70. The highest BCUT2D eigenvalue weighted by Crippen LogP contribution is 2.52. The lowest BCUT2D eigenvalue weighted by molar-refractivity contribution is 0.341. The predicted molar refractivity (Wildman–Crippen MR) is 157 cm³/mol. The third kappa shape index (κ3) is 5.13. The van der Waals surface area contributed by atoms with Gasteiger partial charge >= 0.3 is 0 Å². The van der Waals surface area contributed by atoms with Crippen LogP contribution in [0.2, 0.25) is 5.02 Å². The van der Waals surface area contributed by atoms with Gasteiger partial charge in [-0.3, -0.25) is 0 Å². The molecule has 0 atom stereocenters. The Hall–Kier alpha value is -4.35. The third-order valence-electron chi connectivity index (χ3n) is 6.69. The van der Waals surface area contributed by atoms with Crippen LogP contribution >= 0.6 is 11.6 Å². The van der Waals surface area contributed by atoms with Crippen molar-refractivity contribution in [1.82, 2.24) is 0 Å². The molecule has 0 spiro atoms. The molecule has 0 radical (unpaired) electrons. The molecule has 3 nitrogen and oxygen atoms in total. The number of hydrogen-bond donors (Lipinski definition) is 0. The molecule has 202 valence electrons. The van der Waals surface area contributed by atoms with Crippen LogP contribution < -0.4 is 14.2 Å². The first-order valence-corrected chi connectivity index (χ1v) is 13.2. The minimum Gasteiger partial charge on any atom is -0.497 e. The molecular formula is C34H27ClF2O3. The molecule has 40 heavy (non-hydrogen) atoms. The van der Waals surface area contributed by atoms with E-state index < -0.39 is 11.6 Å². The number of benzene rings is 5. The highest BCUT2D eigenvalue weighted by molar-refractivity contribution is 6.30. The van der Waals surface area contributed by atoms with Gasteiger partial charge in [0.2, 0.25) is 0 Å². The van der Waals surface area contributed by atoms with E-state index in [0.717, 1.165) is 0 Å². The first-order chi connectivity index (χ1) is 19.5. The van der Waals surface area contributed by atoms with E-state index in [-0.39, 0.29) is 17.2 Å². The van der Waals surface area contributed by atoms with Crippen LogP contribution in [0.4, 0.5) is 8.78 Å². The second-order valence-corrected chi connectivity index (χ2v) is 9.44. The van der Waals surface area contributed by atoms with E-state index in [1.54, 1.807) is 44.6 Å². The van der Waals surface area contributed by atoms with Crippen molar-refractivity contribution in [3.63, 3.8) is 0 Å². The van der Waals surface area contributed by atoms with Gasteiger partial charge in [0, 0.05) is 16.7 Å². The smallest absolute Gasteiger partial charge is 0.143 e. The van der Waals surface area contributed by atoms with E-state index in [9.17, 15) is 4.39 Å². The fourth-order valence-electron chi connectivity index (χ4n) is 4.87. The number of ether oxygens (including phenoxy) is 3. The Labute approximate surface area is 237 Å². The molecule has 0 aromatic heterocycles. The zero-order chi connectivity index (χ0) is 28.2. The summed E-state index contributed by atoms with van der Waals surface area (Å²) in [5.41, 5.74) is 4.11. The first-order valence-electron chi connectivity index (χ1n) is 12.8. The van der Waals surface area contributed by atoms with E-state index in [4.69, 9.17) is 25.8 Å². The largest absolute Gasteiger partial charge is 0.497 e. The molecule has 0 N–H and O–H groups in total. The normalized spacial score (nSPS) is 10.8. The van der Waals surface area contributed by atoms with Gasteiger partial charge in [-0.05, 0) is 65.6 Å². The van der Waals surface area contributed by atoms with Crippen molar-refractivity contribution in [3.8, 4) is 61.8 Å². The van der Waals surface area contributed by atoms with Crippen LogP contribution in [0.5, 0.6) is 17.2 Å². The molecule has 0 fully saturated rings. The molecule has 0 saturated heterocycles. The van der Waals surface area contributed by atoms with E-state index >= 15 is 4.39 Å². The standard InChI is InChI=1S/C34H27ClF2O3/c1-4-40-34-31(24-15-18-27(35)28(36)20-24)29(22-13-16-25(38-2)17-14-22)30(23-11-8-12-26(19-23)39-3)33(37)32(34)21-9-6-5-7-10-21/h5-20H,4H2,1-3H3. The average molecular weight is 557 g/mol. The molecule has 0 amide bonds. The zero-order valence-corrected chi connectivity index (χ0v) is 23.1. The van der Waals surface area contributed by atoms with Crippen LogP contribution in [0, 0.1) is 11.6 Å². The Morgan fingerprint density at radius 3 is 1.88 bits per heavy atom. The fraction of sp³-hybridized carbons (Fsp3) is 0.118. The molecule has 0 aliphatic rings. The molecule has 6 heteroatoms. The maximum atomic E-state index is 17.2. The van der Waals surface area contributed by atoms with E-state index in [0.29, 0.717) is 56.2 Å². The zero-order valence-electron chi connectivity index (χ0n) is 22.3. The lowest BCUT2D eigenvalue weighted by Crippen LogP contribution is -2.05. The Balaban J connectivity index is 2.01. The maximum absolute atomic E-state index is 17.2. The van der Waals surface area contributed by atoms with Gasteiger partial charge < -0.3 is 14.2 Å². The van der Waals surface area contributed by atoms with E-state index in [1.165, 1.54) is 12.1 Å². The van der Waals surface area contributed by atoms with Crippen molar-refractivity contribution in [2.24, 2.45) is 0 Å². The SMILES string of the molecule is CCOc1c(-c2ccccc2)c(F)c(-c2cccc(OC)c2)c(-c2ccc(OC)cc2)c1-c1ccc(Cl)c(F)c1. The van der Waals surface area contributed by atoms with E-state index in [2.05, 4.69) is 0 Å². The topological polar surface area (TPSA) is 27.7 Å². The Morgan fingerprint density at radius 1 is 0.600 bits per heavy atom. The van der Waals surface area contributed by atoms with E-state index in [1.807, 2.05) is 61.5 Å². The molecule has 0 heterocycles. The Bertz CT molecular complexity index is 1650. The second kappa shape index (κ2) is 11.8. The van der Waals surface area contributed by atoms with Crippen LogP contribution in [-0.2, 0) is 0 Å². The summed E-state index contributed by atoms with van der Waals surface area (Å²) in [7, 11) is 3.15. The van der Waals surface area contributed by atoms with Crippen molar-refractivity contribution >= 4 is 11.6 Å². The number of halogens is 3. The lowest BCUT2D eigenvalue weighted by atomic mass is 9.83. The molecule has 0 aliphatic carbocycles.